The quantitative estimate of drug-likeness (QED) is 0.799. The molecule has 0 atom stereocenters. The molecule has 1 aliphatic heterocycles. The lowest BCUT2D eigenvalue weighted by molar-refractivity contribution is 0.0365. The van der Waals surface area contributed by atoms with Crippen LogP contribution >= 0.6 is 0 Å². The van der Waals surface area contributed by atoms with E-state index in [1.54, 1.807) is 0 Å². The molecule has 0 amide bonds. The SMILES string of the molecule is Cc1c(C=O)c2ccccc2n1CCN1CCOCC1. The predicted octanol–water partition coefficient (Wildman–Crippen LogP) is 2.09. The maximum absolute atomic E-state index is 11.3. The van der Waals surface area contributed by atoms with Gasteiger partial charge in [0, 0.05) is 48.3 Å². The van der Waals surface area contributed by atoms with E-state index in [1.807, 2.05) is 25.1 Å². The Morgan fingerprint density at radius 3 is 2.70 bits per heavy atom. The van der Waals surface area contributed by atoms with Gasteiger partial charge in [0.15, 0.2) is 6.29 Å². The minimum Gasteiger partial charge on any atom is -0.379 e. The number of aromatic nitrogens is 1. The molecule has 4 heteroatoms. The van der Waals surface area contributed by atoms with Crippen LogP contribution in [-0.4, -0.2) is 48.6 Å². The van der Waals surface area contributed by atoms with Crippen LogP contribution in [0.5, 0.6) is 0 Å². The molecule has 0 spiro atoms. The van der Waals surface area contributed by atoms with Crippen molar-refractivity contribution in [2.45, 2.75) is 13.5 Å². The Morgan fingerprint density at radius 2 is 1.95 bits per heavy atom. The second kappa shape index (κ2) is 5.77. The summed E-state index contributed by atoms with van der Waals surface area (Å²) in [6, 6.07) is 8.13. The molecule has 0 aliphatic carbocycles. The number of fused-ring (bicyclic) bond motifs is 1. The van der Waals surface area contributed by atoms with Gasteiger partial charge in [0.25, 0.3) is 0 Å². The lowest BCUT2D eigenvalue weighted by atomic mass is 10.1. The van der Waals surface area contributed by atoms with E-state index in [4.69, 9.17) is 4.74 Å². The standard InChI is InChI=1S/C16H20N2O2/c1-13-15(12-19)14-4-2-3-5-16(14)18(13)7-6-17-8-10-20-11-9-17/h2-5,12H,6-11H2,1H3. The molecule has 20 heavy (non-hydrogen) atoms. The minimum absolute atomic E-state index is 0.822. The third-order valence-electron chi connectivity index (χ3n) is 4.14. The number of benzene rings is 1. The van der Waals surface area contributed by atoms with Crippen molar-refractivity contribution in [1.29, 1.82) is 0 Å². The zero-order valence-corrected chi connectivity index (χ0v) is 11.8. The second-order valence-electron chi connectivity index (χ2n) is 5.24. The van der Waals surface area contributed by atoms with Gasteiger partial charge in [-0.1, -0.05) is 18.2 Å². The van der Waals surface area contributed by atoms with Crippen LogP contribution in [0.3, 0.4) is 0 Å². The fraction of sp³-hybridized carbons (Fsp3) is 0.438. The molecule has 0 radical (unpaired) electrons. The number of nitrogens with zero attached hydrogens (tertiary/aromatic N) is 2. The molecule has 1 aliphatic rings. The van der Waals surface area contributed by atoms with E-state index in [2.05, 4.69) is 15.5 Å². The summed E-state index contributed by atoms with van der Waals surface area (Å²) in [5, 5.41) is 1.06. The maximum atomic E-state index is 11.3. The van der Waals surface area contributed by atoms with E-state index in [0.717, 1.165) is 67.8 Å². The molecular weight excluding hydrogens is 252 g/mol. The fourth-order valence-electron chi connectivity index (χ4n) is 2.96. The molecule has 106 valence electrons. The Kier molecular flexibility index (Phi) is 3.85. The first-order chi connectivity index (χ1) is 9.81. The van der Waals surface area contributed by atoms with E-state index in [1.165, 1.54) is 0 Å². The Bertz CT molecular complexity index is 612. The maximum Gasteiger partial charge on any atom is 0.152 e. The van der Waals surface area contributed by atoms with Gasteiger partial charge in [-0.05, 0) is 13.0 Å². The van der Waals surface area contributed by atoms with Crippen molar-refractivity contribution in [3.8, 4) is 0 Å². The first-order valence-electron chi connectivity index (χ1n) is 7.14. The zero-order chi connectivity index (χ0) is 13.9. The van der Waals surface area contributed by atoms with Gasteiger partial charge in [-0.15, -0.1) is 0 Å². The third kappa shape index (κ3) is 2.37. The Balaban J connectivity index is 1.86. The lowest BCUT2D eigenvalue weighted by Crippen LogP contribution is -2.38. The van der Waals surface area contributed by atoms with Crippen LogP contribution in [0.1, 0.15) is 16.1 Å². The largest absolute Gasteiger partial charge is 0.379 e. The van der Waals surface area contributed by atoms with Gasteiger partial charge < -0.3 is 9.30 Å². The number of ether oxygens (including phenoxy) is 1. The van der Waals surface area contributed by atoms with Crippen LogP contribution in [0.25, 0.3) is 10.9 Å². The van der Waals surface area contributed by atoms with Crippen LogP contribution in [0.2, 0.25) is 0 Å². The Labute approximate surface area is 118 Å². The van der Waals surface area contributed by atoms with Crippen LogP contribution in [-0.2, 0) is 11.3 Å². The molecule has 2 heterocycles. The van der Waals surface area contributed by atoms with Gasteiger partial charge in [0.1, 0.15) is 0 Å². The number of morpholine rings is 1. The molecule has 0 bridgehead atoms. The summed E-state index contributed by atoms with van der Waals surface area (Å²) in [6.45, 7) is 7.60. The number of aldehydes is 1. The average Bonchev–Trinajstić information content (AvgIpc) is 2.77. The van der Waals surface area contributed by atoms with E-state index in [9.17, 15) is 4.79 Å². The van der Waals surface area contributed by atoms with Crippen molar-refractivity contribution >= 4 is 17.2 Å². The highest BCUT2D eigenvalue weighted by atomic mass is 16.5. The van der Waals surface area contributed by atoms with Gasteiger partial charge in [0.2, 0.25) is 0 Å². The topological polar surface area (TPSA) is 34.5 Å². The van der Waals surface area contributed by atoms with E-state index >= 15 is 0 Å². The zero-order valence-electron chi connectivity index (χ0n) is 11.8. The summed E-state index contributed by atoms with van der Waals surface area (Å²) in [4.78, 5) is 13.7. The summed E-state index contributed by atoms with van der Waals surface area (Å²) in [5.74, 6) is 0. The summed E-state index contributed by atoms with van der Waals surface area (Å²) >= 11 is 0. The van der Waals surface area contributed by atoms with Crippen molar-refractivity contribution in [1.82, 2.24) is 9.47 Å². The molecule has 3 rings (SSSR count). The summed E-state index contributed by atoms with van der Waals surface area (Å²) in [5.41, 5.74) is 3.04. The number of carbonyl (C=O) groups is 1. The van der Waals surface area contributed by atoms with Gasteiger partial charge in [0.05, 0.1) is 13.2 Å². The first-order valence-corrected chi connectivity index (χ1v) is 7.14. The number of hydrogen-bond acceptors (Lipinski definition) is 3. The molecule has 4 nitrogen and oxygen atoms in total. The Hall–Kier alpha value is -1.65. The number of carbonyl (C=O) groups excluding carboxylic acids is 1. The van der Waals surface area contributed by atoms with Gasteiger partial charge in [-0.2, -0.15) is 0 Å². The highest BCUT2D eigenvalue weighted by Gasteiger charge is 2.15. The lowest BCUT2D eigenvalue weighted by Gasteiger charge is -2.27. The van der Waals surface area contributed by atoms with Crippen molar-refractivity contribution in [2.75, 3.05) is 32.8 Å². The highest BCUT2D eigenvalue weighted by Crippen LogP contribution is 2.24. The summed E-state index contributed by atoms with van der Waals surface area (Å²) < 4.78 is 7.63. The van der Waals surface area contributed by atoms with Crippen molar-refractivity contribution in [3.05, 3.63) is 35.5 Å². The number of hydrogen-bond donors (Lipinski definition) is 0. The monoisotopic (exact) mass is 272 g/mol. The number of para-hydroxylation sites is 1. The second-order valence-corrected chi connectivity index (χ2v) is 5.24. The van der Waals surface area contributed by atoms with Crippen LogP contribution in [0, 0.1) is 6.92 Å². The average molecular weight is 272 g/mol. The summed E-state index contributed by atoms with van der Waals surface area (Å²) in [6.07, 6.45) is 0.975. The molecule has 0 saturated carbocycles. The molecule has 0 unspecified atom stereocenters. The minimum atomic E-state index is 0.822. The van der Waals surface area contributed by atoms with Gasteiger partial charge in [-0.25, -0.2) is 0 Å². The third-order valence-corrected chi connectivity index (χ3v) is 4.14. The van der Waals surface area contributed by atoms with Crippen LogP contribution in [0.4, 0.5) is 0 Å². The van der Waals surface area contributed by atoms with Gasteiger partial charge in [-0.3, -0.25) is 9.69 Å². The molecule has 2 aromatic rings. The fourth-order valence-corrected chi connectivity index (χ4v) is 2.96. The molecule has 1 fully saturated rings. The molecular formula is C16H20N2O2. The first kappa shape index (κ1) is 13.3. The molecule has 1 aromatic carbocycles. The smallest absolute Gasteiger partial charge is 0.152 e. The molecule has 1 saturated heterocycles. The number of rotatable bonds is 4. The van der Waals surface area contributed by atoms with Crippen LogP contribution < -0.4 is 0 Å². The molecule has 1 aromatic heterocycles. The predicted molar refractivity (Wildman–Crippen MR) is 79.3 cm³/mol. The van der Waals surface area contributed by atoms with E-state index in [0.29, 0.717) is 0 Å². The van der Waals surface area contributed by atoms with Crippen molar-refractivity contribution < 1.29 is 9.53 Å². The van der Waals surface area contributed by atoms with E-state index in [-0.39, 0.29) is 0 Å². The van der Waals surface area contributed by atoms with Crippen molar-refractivity contribution in [3.63, 3.8) is 0 Å². The van der Waals surface area contributed by atoms with Gasteiger partial charge >= 0.3 is 0 Å². The normalized spacial score (nSPS) is 16.6. The van der Waals surface area contributed by atoms with Crippen molar-refractivity contribution in [2.24, 2.45) is 0 Å². The van der Waals surface area contributed by atoms with Crippen LogP contribution in [0.15, 0.2) is 24.3 Å². The summed E-state index contributed by atoms with van der Waals surface area (Å²) in [7, 11) is 0. The van der Waals surface area contributed by atoms with E-state index < -0.39 is 0 Å². The Morgan fingerprint density at radius 1 is 1.20 bits per heavy atom. The highest BCUT2D eigenvalue weighted by molar-refractivity contribution is 5.99. The molecule has 0 N–H and O–H groups in total.